The van der Waals surface area contributed by atoms with Crippen LogP contribution in [0.15, 0.2) is 35.4 Å². The minimum atomic E-state index is -3.19. The predicted octanol–water partition coefficient (Wildman–Crippen LogP) is 14.7. The summed E-state index contributed by atoms with van der Waals surface area (Å²) in [6.45, 7) is 35.3. The van der Waals surface area contributed by atoms with E-state index in [9.17, 15) is 0 Å². The second-order valence-electron chi connectivity index (χ2n) is 17.2. The Balaban J connectivity index is 2.05. The van der Waals surface area contributed by atoms with E-state index in [0.29, 0.717) is 23.7 Å². The Hall–Kier alpha value is -0.980. The molecule has 0 fully saturated rings. The molecule has 46 heavy (non-hydrogen) atoms. The summed E-state index contributed by atoms with van der Waals surface area (Å²) in [5, 5.41) is 3.80. The predicted molar refractivity (Wildman–Crippen MR) is 206 cm³/mol. The van der Waals surface area contributed by atoms with Crippen LogP contribution in [0.25, 0.3) is 10.4 Å². The van der Waals surface area contributed by atoms with Crippen LogP contribution >= 0.6 is 0 Å². The van der Waals surface area contributed by atoms with E-state index in [1.54, 1.807) is 41.6 Å². The third-order valence-electron chi connectivity index (χ3n) is 12.6. The van der Waals surface area contributed by atoms with Crippen LogP contribution in [0.1, 0.15) is 197 Å². The van der Waals surface area contributed by atoms with E-state index in [4.69, 9.17) is 0 Å². The maximum atomic E-state index is 2.80. The van der Waals surface area contributed by atoms with E-state index in [-0.39, 0.29) is 0 Å². The standard InChI is InChI=1S/C36H50Si.2C4H9.Zr/c1-13-25-15-29-17-27(21(3)4)19-31(23(7)8)33(29)35(25)37(11,12)36-26(14-2)16-30-18-28(22(5)6)20-32(24(9)10)34(30)36;2*1-3-4-2;/h15-24H,13-14H2,1-12H3;2*1,3-4H2,2H3;. The van der Waals surface area contributed by atoms with Gasteiger partial charge in [-0.15, -0.1) is 0 Å². The molecule has 2 heteroatoms. The number of rotatable bonds is 12. The van der Waals surface area contributed by atoms with Gasteiger partial charge in [0.25, 0.3) is 0 Å². The summed E-state index contributed by atoms with van der Waals surface area (Å²) in [4.78, 5) is 0. The zero-order valence-corrected chi connectivity index (χ0v) is 35.9. The Morgan fingerprint density at radius 3 is 1.22 bits per heavy atom. The van der Waals surface area contributed by atoms with Gasteiger partial charge in [0, 0.05) is 0 Å². The van der Waals surface area contributed by atoms with Crippen LogP contribution in [-0.2, 0) is 20.3 Å². The van der Waals surface area contributed by atoms with Gasteiger partial charge < -0.3 is 0 Å². The first-order valence-electron chi connectivity index (χ1n) is 19.6. The summed E-state index contributed by atoms with van der Waals surface area (Å²) < 4.78 is 4.55. The first-order chi connectivity index (χ1) is 21.7. The molecule has 2 aliphatic carbocycles. The van der Waals surface area contributed by atoms with Crippen LogP contribution in [0.3, 0.4) is 0 Å². The van der Waals surface area contributed by atoms with Gasteiger partial charge >= 0.3 is 293 Å². The molecule has 0 nitrogen and oxygen atoms in total. The van der Waals surface area contributed by atoms with Crippen molar-refractivity contribution in [3.8, 4) is 0 Å². The maximum absolute atomic E-state index is 3.19. The molecule has 0 amide bonds. The van der Waals surface area contributed by atoms with Gasteiger partial charge in [0.2, 0.25) is 0 Å². The summed E-state index contributed by atoms with van der Waals surface area (Å²) in [6, 6.07) is 10.9. The molecule has 2 aromatic carbocycles. The van der Waals surface area contributed by atoms with Gasteiger partial charge in [-0.3, -0.25) is 0 Å². The van der Waals surface area contributed by atoms with E-state index in [1.807, 2.05) is 32.7 Å². The van der Waals surface area contributed by atoms with E-state index in [0.717, 1.165) is 7.25 Å². The van der Waals surface area contributed by atoms with E-state index < -0.39 is 28.3 Å². The summed E-state index contributed by atoms with van der Waals surface area (Å²) in [5.41, 5.74) is 17.6. The summed E-state index contributed by atoms with van der Waals surface area (Å²) in [6.07, 6.45) is 7.96. The molecule has 0 spiro atoms. The fourth-order valence-electron chi connectivity index (χ4n) is 10.5. The van der Waals surface area contributed by atoms with Crippen molar-refractivity contribution in [1.82, 2.24) is 0 Å². The second kappa shape index (κ2) is 13.7. The van der Waals surface area contributed by atoms with Crippen molar-refractivity contribution in [1.29, 1.82) is 0 Å². The van der Waals surface area contributed by atoms with Crippen LogP contribution in [0.2, 0.25) is 21.4 Å². The zero-order valence-electron chi connectivity index (χ0n) is 32.4. The van der Waals surface area contributed by atoms with E-state index >= 15 is 0 Å². The van der Waals surface area contributed by atoms with Crippen LogP contribution < -0.4 is 0 Å². The van der Waals surface area contributed by atoms with Crippen molar-refractivity contribution in [3.05, 3.63) is 79.9 Å². The van der Waals surface area contributed by atoms with Gasteiger partial charge in [-0.2, -0.15) is 0 Å². The number of hydrogen-bond donors (Lipinski definition) is 0. The van der Waals surface area contributed by atoms with Crippen LogP contribution in [-0.4, -0.2) is 8.07 Å². The molecular formula is C44H68SiZr. The number of fused-ring (bicyclic) bond motifs is 8. The molecule has 0 saturated carbocycles. The topological polar surface area (TPSA) is 0 Å². The molecule has 252 valence electrons. The molecule has 4 bridgehead atoms. The van der Waals surface area contributed by atoms with Crippen LogP contribution in [0.5, 0.6) is 0 Å². The third-order valence-corrected chi connectivity index (χ3v) is 31.5. The molecule has 3 aliphatic rings. The fraction of sp³-hybridized carbons (Fsp3) is 0.636. The normalized spacial score (nSPS) is 21.2. The van der Waals surface area contributed by atoms with Crippen molar-refractivity contribution >= 4 is 18.5 Å². The first kappa shape index (κ1) is 36.3. The molecule has 0 radical (unpaired) electrons. The third kappa shape index (κ3) is 5.55. The van der Waals surface area contributed by atoms with Crippen molar-refractivity contribution in [3.63, 3.8) is 0 Å². The summed E-state index contributed by atoms with van der Waals surface area (Å²) in [7, 11) is -2.10. The quantitative estimate of drug-likeness (QED) is 0.192. The number of benzene rings is 2. The van der Waals surface area contributed by atoms with E-state index in [1.165, 1.54) is 38.5 Å². The van der Waals surface area contributed by atoms with Gasteiger partial charge in [-0.05, 0) is 0 Å². The molecule has 2 atom stereocenters. The fourth-order valence-corrected chi connectivity index (χ4v) is 34.1. The Labute approximate surface area is 290 Å². The average molecular weight is 716 g/mol. The summed E-state index contributed by atoms with van der Waals surface area (Å²) in [5.74, 6) is 2.22. The minimum absolute atomic E-state index is 0.546. The Bertz CT molecular complexity index is 1410. The molecule has 2 unspecified atom stereocenters. The SMILES string of the molecule is CCC[CH2][Zr]1([CH2]CCC)[CH]2C(CC)=C(c3c(C(C)C)cc(C(C)C)cc32)[Si](C)(C)C2=C(CC)[CH]1c1cc(C(C)C)cc(C(C)C)c12. The molecule has 1 aliphatic heterocycles. The second-order valence-corrected chi connectivity index (χ2v) is 32.8. The number of allylic oxidation sites excluding steroid dienone is 2. The molecule has 2 aromatic rings. The van der Waals surface area contributed by atoms with Crippen molar-refractivity contribution < 1.29 is 20.3 Å². The molecule has 5 rings (SSSR count). The Kier molecular flexibility index (Phi) is 10.8. The van der Waals surface area contributed by atoms with Crippen molar-refractivity contribution in [2.24, 2.45) is 0 Å². The number of hydrogen-bond acceptors (Lipinski definition) is 0. The molecule has 1 heterocycles. The Morgan fingerprint density at radius 1 is 0.565 bits per heavy atom. The van der Waals surface area contributed by atoms with Gasteiger partial charge in [0.15, 0.2) is 0 Å². The van der Waals surface area contributed by atoms with Crippen molar-refractivity contribution in [2.45, 2.75) is 174 Å². The molecule has 0 N–H and O–H groups in total. The zero-order chi connectivity index (χ0) is 33.9. The summed E-state index contributed by atoms with van der Waals surface area (Å²) >= 11 is -3.19. The van der Waals surface area contributed by atoms with Gasteiger partial charge in [0.1, 0.15) is 0 Å². The molecular weight excluding hydrogens is 648 g/mol. The van der Waals surface area contributed by atoms with E-state index in [2.05, 4.69) is 120 Å². The average Bonchev–Trinajstić information content (AvgIpc) is 3.55. The van der Waals surface area contributed by atoms with Gasteiger partial charge in [-0.25, -0.2) is 0 Å². The van der Waals surface area contributed by atoms with Gasteiger partial charge in [0.05, 0.1) is 0 Å². The van der Waals surface area contributed by atoms with Crippen molar-refractivity contribution in [2.75, 3.05) is 0 Å². The monoisotopic (exact) mass is 714 g/mol. The van der Waals surface area contributed by atoms with Gasteiger partial charge in [-0.1, -0.05) is 0 Å². The first-order valence-corrected chi connectivity index (χ1v) is 28.9. The molecule has 0 aromatic heterocycles. The Morgan fingerprint density at radius 2 is 0.935 bits per heavy atom. The molecule has 0 saturated heterocycles. The van der Waals surface area contributed by atoms with Crippen LogP contribution in [0.4, 0.5) is 0 Å². The number of unbranched alkanes of at least 4 members (excludes halogenated alkanes) is 2. The van der Waals surface area contributed by atoms with Crippen LogP contribution in [0, 0.1) is 0 Å².